The second kappa shape index (κ2) is 6.73. The second-order valence-corrected chi connectivity index (χ2v) is 6.34. The van der Waals surface area contributed by atoms with Crippen molar-refractivity contribution in [1.82, 2.24) is 9.62 Å². The van der Waals surface area contributed by atoms with Gasteiger partial charge in [0.2, 0.25) is 10.0 Å². The van der Waals surface area contributed by atoms with Gasteiger partial charge in [0.05, 0.1) is 4.90 Å². The van der Waals surface area contributed by atoms with Gasteiger partial charge in [-0.15, -0.1) is 12.4 Å². The molecule has 18 heavy (non-hydrogen) atoms. The molecule has 2 rings (SSSR count). The first-order chi connectivity index (χ1) is 8.10. The molecule has 0 unspecified atom stereocenters. The zero-order valence-corrected chi connectivity index (χ0v) is 12.2. The maximum atomic E-state index is 12.3. The van der Waals surface area contributed by atoms with Crippen molar-refractivity contribution in [2.24, 2.45) is 0 Å². The van der Waals surface area contributed by atoms with Gasteiger partial charge in [-0.2, -0.15) is 4.31 Å². The molecule has 1 aliphatic heterocycles. The zero-order valence-electron chi connectivity index (χ0n) is 9.80. The highest BCUT2D eigenvalue weighted by molar-refractivity contribution is 7.89. The van der Waals surface area contributed by atoms with Crippen LogP contribution in [0.4, 0.5) is 0 Å². The molecule has 0 aliphatic carbocycles. The fraction of sp³-hybridized carbons (Fsp3) is 0.455. The molecule has 1 aromatic carbocycles. The minimum absolute atomic E-state index is 0. The van der Waals surface area contributed by atoms with E-state index in [-0.39, 0.29) is 12.4 Å². The lowest BCUT2D eigenvalue weighted by molar-refractivity contribution is 0.432. The summed E-state index contributed by atoms with van der Waals surface area (Å²) in [6.07, 6.45) is 0.840. The highest BCUT2D eigenvalue weighted by atomic mass is 35.5. The van der Waals surface area contributed by atoms with Crippen molar-refractivity contribution >= 4 is 34.0 Å². The molecule has 1 aliphatic rings. The zero-order chi connectivity index (χ0) is 12.3. The number of nitrogens with zero attached hydrogens (tertiary/aromatic N) is 1. The molecule has 1 aromatic rings. The predicted octanol–water partition coefficient (Wildman–Crippen LogP) is 1.75. The van der Waals surface area contributed by atoms with Crippen molar-refractivity contribution in [3.8, 4) is 0 Å². The summed E-state index contributed by atoms with van der Waals surface area (Å²) < 4.78 is 26.1. The van der Waals surface area contributed by atoms with E-state index in [1.54, 1.807) is 24.3 Å². The van der Waals surface area contributed by atoms with Gasteiger partial charge < -0.3 is 5.32 Å². The van der Waals surface area contributed by atoms with Crippen LogP contribution in [0.2, 0.25) is 5.02 Å². The first-order valence-corrected chi connectivity index (χ1v) is 7.39. The van der Waals surface area contributed by atoms with Crippen LogP contribution in [0.25, 0.3) is 0 Å². The fourth-order valence-corrected chi connectivity index (χ4v) is 3.42. The van der Waals surface area contributed by atoms with Gasteiger partial charge in [0.1, 0.15) is 0 Å². The molecule has 4 nitrogen and oxygen atoms in total. The largest absolute Gasteiger partial charge is 0.315 e. The van der Waals surface area contributed by atoms with E-state index in [1.807, 2.05) is 0 Å². The van der Waals surface area contributed by atoms with Crippen LogP contribution < -0.4 is 5.32 Å². The van der Waals surface area contributed by atoms with E-state index in [0.29, 0.717) is 29.6 Å². The first-order valence-electron chi connectivity index (χ1n) is 5.57. The minimum atomic E-state index is -3.37. The van der Waals surface area contributed by atoms with Crippen LogP contribution in [0.1, 0.15) is 6.42 Å². The lowest BCUT2D eigenvalue weighted by atomic mass is 10.4. The van der Waals surface area contributed by atoms with Crippen LogP contribution in [0.3, 0.4) is 0 Å². The number of sulfonamides is 1. The maximum absolute atomic E-state index is 12.3. The standard InChI is InChI=1S/C11H15ClN2O2S.ClH/c12-10-2-4-11(5-3-10)17(15,16)14-8-1-6-13-7-9-14;/h2-5,13H,1,6-9H2;1H. The van der Waals surface area contributed by atoms with E-state index >= 15 is 0 Å². The summed E-state index contributed by atoms with van der Waals surface area (Å²) in [5, 5.41) is 3.73. The van der Waals surface area contributed by atoms with Crippen molar-refractivity contribution in [2.45, 2.75) is 11.3 Å². The Hall–Kier alpha value is -0.330. The number of nitrogens with one attached hydrogen (secondary N) is 1. The van der Waals surface area contributed by atoms with E-state index in [1.165, 1.54) is 4.31 Å². The fourth-order valence-electron chi connectivity index (χ4n) is 1.82. The third kappa shape index (κ3) is 3.59. The summed E-state index contributed by atoms with van der Waals surface area (Å²) >= 11 is 5.76. The summed E-state index contributed by atoms with van der Waals surface area (Å²) in [5.41, 5.74) is 0. The Morgan fingerprint density at radius 3 is 2.44 bits per heavy atom. The van der Waals surface area contributed by atoms with Gasteiger partial charge >= 0.3 is 0 Å². The second-order valence-electron chi connectivity index (χ2n) is 3.96. The molecule has 1 fully saturated rings. The normalized spacial score (nSPS) is 17.8. The smallest absolute Gasteiger partial charge is 0.243 e. The third-order valence-corrected chi connectivity index (χ3v) is 4.92. The number of rotatable bonds is 2. The van der Waals surface area contributed by atoms with E-state index < -0.39 is 10.0 Å². The van der Waals surface area contributed by atoms with E-state index in [2.05, 4.69) is 5.32 Å². The van der Waals surface area contributed by atoms with Crippen molar-refractivity contribution in [1.29, 1.82) is 0 Å². The molecule has 0 amide bonds. The molecule has 102 valence electrons. The highest BCUT2D eigenvalue weighted by Gasteiger charge is 2.24. The summed E-state index contributed by atoms with van der Waals surface area (Å²) in [5.74, 6) is 0. The Bertz CT molecular complexity index is 468. The Labute approximate surface area is 119 Å². The average Bonchev–Trinajstić information content (AvgIpc) is 2.58. The Morgan fingerprint density at radius 2 is 1.78 bits per heavy atom. The first kappa shape index (κ1) is 15.7. The molecule has 0 saturated carbocycles. The number of hydrogen-bond donors (Lipinski definition) is 1. The Balaban J connectivity index is 0.00000162. The number of halogens is 2. The molecule has 0 aromatic heterocycles. The Morgan fingerprint density at radius 1 is 1.11 bits per heavy atom. The lowest BCUT2D eigenvalue weighted by Crippen LogP contribution is -2.34. The van der Waals surface area contributed by atoms with Gasteiger partial charge in [0.25, 0.3) is 0 Å². The van der Waals surface area contributed by atoms with Gasteiger partial charge in [0, 0.05) is 24.7 Å². The van der Waals surface area contributed by atoms with E-state index in [0.717, 1.165) is 13.0 Å². The molecule has 1 heterocycles. The van der Waals surface area contributed by atoms with Crippen LogP contribution in [-0.4, -0.2) is 38.9 Å². The topological polar surface area (TPSA) is 49.4 Å². The molecule has 0 atom stereocenters. The van der Waals surface area contributed by atoms with E-state index in [4.69, 9.17) is 11.6 Å². The number of hydrogen-bond acceptors (Lipinski definition) is 3. The number of benzene rings is 1. The molecule has 7 heteroatoms. The van der Waals surface area contributed by atoms with Crippen LogP contribution in [-0.2, 0) is 10.0 Å². The molecule has 0 spiro atoms. The van der Waals surface area contributed by atoms with Gasteiger partial charge in [-0.1, -0.05) is 11.6 Å². The third-order valence-electron chi connectivity index (χ3n) is 2.75. The molecule has 1 saturated heterocycles. The highest BCUT2D eigenvalue weighted by Crippen LogP contribution is 2.18. The summed E-state index contributed by atoms with van der Waals surface area (Å²) in [6.45, 7) is 2.66. The van der Waals surface area contributed by atoms with Crippen LogP contribution in [0.5, 0.6) is 0 Å². The van der Waals surface area contributed by atoms with Gasteiger partial charge in [0.15, 0.2) is 0 Å². The van der Waals surface area contributed by atoms with Crippen molar-refractivity contribution in [3.63, 3.8) is 0 Å². The molecule has 1 N–H and O–H groups in total. The Kier molecular flexibility index (Phi) is 5.88. The minimum Gasteiger partial charge on any atom is -0.315 e. The quantitative estimate of drug-likeness (QED) is 0.905. The van der Waals surface area contributed by atoms with Crippen LogP contribution in [0, 0.1) is 0 Å². The molecule has 0 radical (unpaired) electrons. The molecular formula is C11H16Cl2N2O2S. The lowest BCUT2D eigenvalue weighted by Gasteiger charge is -2.19. The van der Waals surface area contributed by atoms with Crippen LogP contribution >= 0.6 is 24.0 Å². The van der Waals surface area contributed by atoms with E-state index in [9.17, 15) is 8.42 Å². The summed E-state index contributed by atoms with van der Waals surface area (Å²) in [6, 6.07) is 6.31. The average molecular weight is 311 g/mol. The monoisotopic (exact) mass is 310 g/mol. The van der Waals surface area contributed by atoms with Crippen molar-refractivity contribution in [2.75, 3.05) is 26.2 Å². The van der Waals surface area contributed by atoms with Gasteiger partial charge in [-0.25, -0.2) is 8.42 Å². The maximum Gasteiger partial charge on any atom is 0.243 e. The van der Waals surface area contributed by atoms with Gasteiger partial charge in [-0.05, 0) is 37.2 Å². The summed E-state index contributed by atoms with van der Waals surface area (Å²) in [4.78, 5) is 0.309. The summed E-state index contributed by atoms with van der Waals surface area (Å²) in [7, 11) is -3.37. The van der Waals surface area contributed by atoms with Gasteiger partial charge in [-0.3, -0.25) is 0 Å². The molecule has 0 bridgehead atoms. The molecular weight excluding hydrogens is 295 g/mol. The van der Waals surface area contributed by atoms with Crippen molar-refractivity contribution in [3.05, 3.63) is 29.3 Å². The van der Waals surface area contributed by atoms with Crippen molar-refractivity contribution < 1.29 is 8.42 Å². The van der Waals surface area contributed by atoms with Crippen LogP contribution in [0.15, 0.2) is 29.2 Å². The predicted molar refractivity (Wildman–Crippen MR) is 74.9 cm³/mol. The SMILES string of the molecule is Cl.O=S(=O)(c1ccc(Cl)cc1)N1CCCNCC1.